The van der Waals surface area contributed by atoms with Crippen molar-refractivity contribution < 1.29 is 0 Å². The SMILES string of the molecule is CCc1cc(=O)[nH]c(-c2ccc(NC3CCN(c4nccs4)CC3)nc2)n1. The minimum atomic E-state index is -0.133. The predicted molar refractivity (Wildman–Crippen MR) is 108 cm³/mol. The number of H-pyrrole nitrogens is 1. The molecule has 1 saturated heterocycles. The summed E-state index contributed by atoms with van der Waals surface area (Å²) in [4.78, 5) is 30.2. The highest BCUT2D eigenvalue weighted by Gasteiger charge is 2.20. The van der Waals surface area contributed by atoms with E-state index in [0.717, 1.165) is 54.6 Å². The van der Waals surface area contributed by atoms with Gasteiger partial charge in [0, 0.05) is 54.2 Å². The molecule has 3 aromatic heterocycles. The van der Waals surface area contributed by atoms with E-state index in [2.05, 4.69) is 30.2 Å². The number of aromatic amines is 1. The van der Waals surface area contributed by atoms with Gasteiger partial charge in [0.1, 0.15) is 11.6 Å². The molecule has 0 aromatic carbocycles. The maximum absolute atomic E-state index is 11.7. The number of hydrogen-bond acceptors (Lipinski definition) is 7. The Bertz CT molecular complexity index is 930. The van der Waals surface area contributed by atoms with Crippen LogP contribution in [0.25, 0.3) is 11.4 Å². The molecule has 1 aliphatic rings. The summed E-state index contributed by atoms with van der Waals surface area (Å²) in [6, 6.07) is 5.82. The molecule has 1 aliphatic heterocycles. The van der Waals surface area contributed by atoms with Crippen molar-refractivity contribution in [1.29, 1.82) is 0 Å². The first kappa shape index (κ1) is 17.7. The van der Waals surface area contributed by atoms with E-state index >= 15 is 0 Å². The van der Waals surface area contributed by atoms with Gasteiger partial charge in [-0.2, -0.15) is 0 Å². The molecule has 4 rings (SSSR count). The Morgan fingerprint density at radius 2 is 2.15 bits per heavy atom. The molecule has 7 nitrogen and oxygen atoms in total. The number of thiazole rings is 1. The Labute approximate surface area is 161 Å². The van der Waals surface area contributed by atoms with Gasteiger partial charge in [0.05, 0.1) is 0 Å². The predicted octanol–water partition coefficient (Wildman–Crippen LogP) is 2.93. The van der Waals surface area contributed by atoms with Crippen molar-refractivity contribution in [2.45, 2.75) is 32.2 Å². The number of rotatable bonds is 5. The largest absolute Gasteiger partial charge is 0.367 e. The zero-order valence-electron chi connectivity index (χ0n) is 15.2. The van der Waals surface area contributed by atoms with Crippen LogP contribution in [0.2, 0.25) is 0 Å². The van der Waals surface area contributed by atoms with E-state index in [9.17, 15) is 4.79 Å². The van der Waals surface area contributed by atoms with E-state index in [1.165, 1.54) is 6.07 Å². The van der Waals surface area contributed by atoms with Crippen molar-refractivity contribution in [2.75, 3.05) is 23.3 Å². The normalized spacial score (nSPS) is 15.1. The van der Waals surface area contributed by atoms with Crippen LogP contribution in [0.15, 0.2) is 40.8 Å². The van der Waals surface area contributed by atoms with E-state index < -0.39 is 0 Å². The number of aryl methyl sites for hydroxylation is 1. The van der Waals surface area contributed by atoms with Gasteiger partial charge in [-0.25, -0.2) is 15.0 Å². The van der Waals surface area contributed by atoms with Crippen LogP contribution >= 0.6 is 11.3 Å². The Hall–Kier alpha value is -2.74. The number of piperidine rings is 1. The van der Waals surface area contributed by atoms with Crippen molar-refractivity contribution in [3.8, 4) is 11.4 Å². The van der Waals surface area contributed by atoms with Gasteiger partial charge in [-0.1, -0.05) is 6.92 Å². The van der Waals surface area contributed by atoms with E-state index in [-0.39, 0.29) is 5.56 Å². The molecule has 1 fully saturated rings. The first-order chi connectivity index (χ1) is 13.2. The minimum Gasteiger partial charge on any atom is -0.367 e. The second-order valence-corrected chi connectivity index (χ2v) is 7.46. The van der Waals surface area contributed by atoms with E-state index in [1.54, 1.807) is 17.5 Å². The third kappa shape index (κ3) is 4.16. The quantitative estimate of drug-likeness (QED) is 0.706. The van der Waals surface area contributed by atoms with Crippen molar-refractivity contribution in [1.82, 2.24) is 19.9 Å². The molecule has 140 valence electrons. The summed E-state index contributed by atoms with van der Waals surface area (Å²) in [6.07, 6.45) is 6.44. The molecule has 0 bridgehead atoms. The van der Waals surface area contributed by atoms with Gasteiger partial charge in [0.2, 0.25) is 0 Å². The van der Waals surface area contributed by atoms with Gasteiger partial charge in [-0.15, -0.1) is 11.3 Å². The summed E-state index contributed by atoms with van der Waals surface area (Å²) >= 11 is 1.69. The number of aromatic nitrogens is 4. The van der Waals surface area contributed by atoms with Crippen LogP contribution in [0.3, 0.4) is 0 Å². The molecular formula is C19H22N6OS. The smallest absolute Gasteiger partial charge is 0.251 e. The Kier molecular flexibility index (Phi) is 5.15. The summed E-state index contributed by atoms with van der Waals surface area (Å²) in [5.41, 5.74) is 1.46. The first-order valence-corrected chi connectivity index (χ1v) is 10.1. The molecule has 0 atom stereocenters. The number of nitrogens with one attached hydrogen (secondary N) is 2. The highest BCUT2D eigenvalue weighted by molar-refractivity contribution is 7.13. The van der Waals surface area contributed by atoms with Crippen LogP contribution in [-0.4, -0.2) is 39.1 Å². The van der Waals surface area contributed by atoms with Gasteiger partial charge < -0.3 is 15.2 Å². The lowest BCUT2D eigenvalue weighted by Crippen LogP contribution is -2.39. The summed E-state index contributed by atoms with van der Waals surface area (Å²) < 4.78 is 0. The molecule has 3 aromatic rings. The minimum absolute atomic E-state index is 0.133. The molecule has 2 N–H and O–H groups in total. The number of anilines is 2. The monoisotopic (exact) mass is 382 g/mol. The fourth-order valence-corrected chi connectivity index (χ4v) is 3.94. The molecular weight excluding hydrogens is 360 g/mol. The van der Waals surface area contributed by atoms with Crippen molar-refractivity contribution in [3.63, 3.8) is 0 Å². The maximum atomic E-state index is 11.7. The molecule has 0 spiro atoms. The highest BCUT2D eigenvalue weighted by Crippen LogP contribution is 2.23. The fourth-order valence-electron chi connectivity index (χ4n) is 3.24. The average molecular weight is 382 g/mol. The lowest BCUT2D eigenvalue weighted by Gasteiger charge is -2.32. The second kappa shape index (κ2) is 7.87. The molecule has 0 unspecified atom stereocenters. The molecule has 4 heterocycles. The van der Waals surface area contributed by atoms with E-state index in [0.29, 0.717) is 11.9 Å². The third-order valence-electron chi connectivity index (χ3n) is 4.73. The van der Waals surface area contributed by atoms with Crippen molar-refractivity contribution in [3.05, 3.63) is 52.0 Å². The molecule has 0 aliphatic carbocycles. The number of nitrogens with zero attached hydrogens (tertiary/aromatic N) is 4. The zero-order valence-corrected chi connectivity index (χ0v) is 16.0. The summed E-state index contributed by atoms with van der Waals surface area (Å²) in [6.45, 7) is 3.98. The summed E-state index contributed by atoms with van der Waals surface area (Å²) in [7, 11) is 0. The third-order valence-corrected chi connectivity index (χ3v) is 5.56. The Morgan fingerprint density at radius 1 is 1.30 bits per heavy atom. The summed E-state index contributed by atoms with van der Waals surface area (Å²) in [5.74, 6) is 1.41. The van der Waals surface area contributed by atoms with Gasteiger partial charge in [-0.05, 0) is 31.4 Å². The lowest BCUT2D eigenvalue weighted by molar-refractivity contribution is 0.525. The molecule has 27 heavy (non-hydrogen) atoms. The van der Waals surface area contributed by atoms with Gasteiger partial charge in [-0.3, -0.25) is 4.79 Å². The molecule has 0 amide bonds. The average Bonchev–Trinajstić information content (AvgIpc) is 3.23. The van der Waals surface area contributed by atoms with Gasteiger partial charge >= 0.3 is 0 Å². The molecule has 8 heteroatoms. The highest BCUT2D eigenvalue weighted by atomic mass is 32.1. The number of hydrogen-bond donors (Lipinski definition) is 2. The van der Waals surface area contributed by atoms with Crippen LogP contribution in [0.5, 0.6) is 0 Å². The Balaban J connectivity index is 1.39. The van der Waals surface area contributed by atoms with E-state index in [4.69, 9.17) is 0 Å². The molecule has 0 radical (unpaired) electrons. The van der Waals surface area contributed by atoms with Crippen molar-refractivity contribution in [2.24, 2.45) is 0 Å². The molecule has 0 saturated carbocycles. The van der Waals surface area contributed by atoms with Crippen molar-refractivity contribution >= 4 is 22.3 Å². The lowest BCUT2D eigenvalue weighted by atomic mass is 10.1. The van der Waals surface area contributed by atoms with Crippen LogP contribution in [0, 0.1) is 0 Å². The van der Waals surface area contributed by atoms with Crippen LogP contribution < -0.4 is 15.8 Å². The van der Waals surface area contributed by atoms with Crippen LogP contribution in [0.4, 0.5) is 10.9 Å². The first-order valence-electron chi connectivity index (χ1n) is 9.19. The second-order valence-electron chi connectivity index (χ2n) is 6.59. The van der Waals surface area contributed by atoms with Crippen LogP contribution in [-0.2, 0) is 6.42 Å². The number of pyridine rings is 1. The fraction of sp³-hybridized carbons (Fsp3) is 0.368. The Morgan fingerprint density at radius 3 is 2.81 bits per heavy atom. The summed E-state index contributed by atoms with van der Waals surface area (Å²) in [5, 5.41) is 6.63. The zero-order chi connectivity index (χ0) is 18.6. The topological polar surface area (TPSA) is 86.8 Å². The van der Waals surface area contributed by atoms with E-state index in [1.807, 2.05) is 30.6 Å². The van der Waals surface area contributed by atoms with Crippen LogP contribution in [0.1, 0.15) is 25.5 Å². The van der Waals surface area contributed by atoms with Gasteiger partial charge in [0.15, 0.2) is 5.13 Å². The maximum Gasteiger partial charge on any atom is 0.251 e. The standard InChI is InChI=1S/C19H22N6OS/c1-2-14-11-17(26)24-18(23-14)13-3-4-16(21-12-13)22-15-5-8-25(9-6-15)19-20-7-10-27-19/h3-4,7,10-12,15H,2,5-6,8-9H2,1H3,(H,21,22)(H,23,24,26). The van der Waals surface area contributed by atoms with Gasteiger partial charge in [0.25, 0.3) is 5.56 Å².